The molecule has 3 rings (SSSR count). The summed E-state index contributed by atoms with van der Waals surface area (Å²) >= 11 is 0. The number of piperazine rings is 1. The van der Waals surface area contributed by atoms with Crippen LogP contribution in [-0.4, -0.2) is 64.8 Å². The second-order valence-electron chi connectivity index (χ2n) is 9.33. The number of hydrogen-bond acceptors (Lipinski definition) is 4. The number of aryl methyl sites for hydroxylation is 1. The van der Waals surface area contributed by atoms with Crippen LogP contribution < -0.4 is 4.90 Å². The SMILES string of the molecule is CCCCC(=O)N(Cc1c(C)nn(-c2ccccc2)c1N1CCN(CC)CC1)CC(C)C. The lowest BCUT2D eigenvalue weighted by Gasteiger charge is -2.36. The molecule has 1 aromatic heterocycles. The van der Waals surface area contributed by atoms with Crippen molar-refractivity contribution in [3.05, 3.63) is 41.6 Å². The van der Waals surface area contributed by atoms with Crippen LogP contribution in [0.2, 0.25) is 0 Å². The third-order valence-electron chi connectivity index (χ3n) is 6.31. The Labute approximate surface area is 194 Å². The Morgan fingerprint density at radius 3 is 2.38 bits per heavy atom. The van der Waals surface area contributed by atoms with Gasteiger partial charge < -0.3 is 14.7 Å². The van der Waals surface area contributed by atoms with E-state index in [1.165, 1.54) is 5.56 Å². The van der Waals surface area contributed by atoms with Crippen LogP contribution in [0, 0.1) is 12.8 Å². The molecule has 1 aliphatic heterocycles. The molecule has 0 spiro atoms. The highest BCUT2D eigenvalue weighted by molar-refractivity contribution is 5.76. The Morgan fingerprint density at radius 2 is 1.78 bits per heavy atom. The number of benzene rings is 1. The van der Waals surface area contributed by atoms with Crippen LogP contribution in [-0.2, 0) is 11.3 Å². The van der Waals surface area contributed by atoms with Gasteiger partial charge in [-0.25, -0.2) is 4.68 Å². The van der Waals surface area contributed by atoms with Gasteiger partial charge in [-0.1, -0.05) is 52.3 Å². The van der Waals surface area contributed by atoms with Crippen molar-refractivity contribution in [1.29, 1.82) is 0 Å². The van der Waals surface area contributed by atoms with Crippen molar-refractivity contribution in [2.45, 2.75) is 60.4 Å². The molecule has 1 amide bonds. The third kappa shape index (κ3) is 5.91. The number of likely N-dealkylation sites (N-methyl/N-ethyl adjacent to an activating group) is 1. The summed E-state index contributed by atoms with van der Waals surface area (Å²) in [5.74, 6) is 1.84. The number of hydrogen-bond donors (Lipinski definition) is 0. The van der Waals surface area contributed by atoms with Gasteiger partial charge in [0.1, 0.15) is 5.82 Å². The maximum atomic E-state index is 13.1. The molecule has 6 heteroatoms. The van der Waals surface area contributed by atoms with Crippen LogP contribution >= 0.6 is 0 Å². The first kappa shape index (κ1) is 24.3. The number of aromatic nitrogens is 2. The van der Waals surface area contributed by atoms with Crippen molar-refractivity contribution in [3.63, 3.8) is 0 Å². The maximum Gasteiger partial charge on any atom is 0.222 e. The molecule has 0 N–H and O–H groups in total. The molecule has 0 radical (unpaired) electrons. The predicted molar refractivity (Wildman–Crippen MR) is 132 cm³/mol. The zero-order valence-electron chi connectivity index (χ0n) is 20.7. The second-order valence-corrected chi connectivity index (χ2v) is 9.33. The molecule has 0 bridgehead atoms. The van der Waals surface area contributed by atoms with E-state index in [2.05, 4.69) is 78.3 Å². The van der Waals surface area contributed by atoms with Crippen LogP contribution in [0.5, 0.6) is 0 Å². The number of para-hydroxylation sites is 1. The van der Waals surface area contributed by atoms with Crippen LogP contribution in [0.1, 0.15) is 58.2 Å². The van der Waals surface area contributed by atoms with E-state index in [-0.39, 0.29) is 5.91 Å². The van der Waals surface area contributed by atoms with E-state index in [1.54, 1.807) is 0 Å². The van der Waals surface area contributed by atoms with Crippen molar-refractivity contribution in [1.82, 2.24) is 19.6 Å². The van der Waals surface area contributed by atoms with Gasteiger partial charge in [-0.15, -0.1) is 0 Å². The minimum absolute atomic E-state index is 0.258. The van der Waals surface area contributed by atoms with Gasteiger partial charge in [-0.05, 0) is 37.9 Å². The summed E-state index contributed by atoms with van der Waals surface area (Å²) in [7, 11) is 0. The normalized spacial score (nSPS) is 14.9. The Morgan fingerprint density at radius 1 is 1.09 bits per heavy atom. The molecule has 1 fully saturated rings. The highest BCUT2D eigenvalue weighted by Gasteiger charge is 2.27. The summed E-state index contributed by atoms with van der Waals surface area (Å²) in [6.45, 7) is 17.4. The van der Waals surface area contributed by atoms with Gasteiger partial charge in [0.25, 0.3) is 0 Å². The number of carbonyl (C=O) groups excluding carboxylic acids is 1. The molecule has 0 atom stereocenters. The summed E-state index contributed by atoms with van der Waals surface area (Å²) in [5.41, 5.74) is 3.27. The summed E-state index contributed by atoms with van der Waals surface area (Å²) in [4.78, 5) is 20.1. The first-order chi connectivity index (χ1) is 15.4. The molecule has 176 valence electrons. The van der Waals surface area contributed by atoms with E-state index in [0.29, 0.717) is 18.9 Å². The van der Waals surface area contributed by atoms with Crippen molar-refractivity contribution >= 4 is 11.7 Å². The zero-order chi connectivity index (χ0) is 23.1. The van der Waals surface area contributed by atoms with Crippen molar-refractivity contribution < 1.29 is 4.79 Å². The van der Waals surface area contributed by atoms with Gasteiger partial charge in [-0.3, -0.25) is 4.79 Å². The summed E-state index contributed by atoms with van der Waals surface area (Å²) in [6, 6.07) is 10.4. The van der Waals surface area contributed by atoms with Gasteiger partial charge in [0.05, 0.1) is 17.9 Å². The van der Waals surface area contributed by atoms with E-state index in [9.17, 15) is 4.79 Å². The molecule has 0 unspecified atom stereocenters. The first-order valence-electron chi connectivity index (χ1n) is 12.3. The second kappa shape index (κ2) is 11.5. The van der Waals surface area contributed by atoms with Gasteiger partial charge in [-0.2, -0.15) is 5.10 Å². The molecule has 1 aliphatic rings. The highest BCUT2D eigenvalue weighted by atomic mass is 16.2. The van der Waals surface area contributed by atoms with Crippen LogP contribution in [0.3, 0.4) is 0 Å². The zero-order valence-corrected chi connectivity index (χ0v) is 20.7. The Hall–Kier alpha value is -2.34. The van der Waals surface area contributed by atoms with Crippen LogP contribution in [0.4, 0.5) is 5.82 Å². The van der Waals surface area contributed by atoms with Crippen LogP contribution in [0.25, 0.3) is 5.69 Å². The van der Waals surface area contributed by atoms with Crippen molar-refractivity contribution in [3.8, 4) is 5.69 Å². The number of rotatable bonds is 10. The summed E-state index contributed by atoms with van der Waals surface area (Å²) in [5, 5.41) is 4.97. The number of carbonyl (C=O) groups is 1. The van der Waals surface area contributed by atoms with E-state index >= 15 is 0 Å². The van der Waals surface area contributed by atoms with Gasteiger partial charge in [0.2, 0.25) is 5.91 Å². The Balaban J connectivity index is 1.98. The fourth-order valence-electron chi connectivity index (χ4n) is 4.45. The quantitative estimate of drug-likeness (QED) is 0.547. The van der Waals surface area contributed by atoms with E-state index in [1.807, 2.05) is 6.07 Å². The molecule has 0 saturated carbocycles. The molecular formula is C26H41N5O. The lowest BCUT2D eigenvalue weighted by atomic mass is 10.1. The monoisotopic (exact) mass is 439 g/mol. The van der Waals surface area contributed by atoms with Gasteiger partial charge >= 0.3 is 0 Å². The highest BCUT2D eigenvalue weighted by Crippen LogP contribution is 2.30. The van der Waals surface area contributed by atoms with Crippen LogP contribution in [0.15, 0.2) is 30.3 Å². The molecule has 6 nitrogen and oxygen atoms in total. The van der Waals surface area contributed by atoms with E-state index in [4.69, 9.17) is 5.10 Å². The van der Waals surface area contributed by atoms with E-state index < -0.39 is 0 Å². The average molecular weight is 440 g/mol. The minimum Gasteiger partial charge on any atom is -0.354 e. The minimum atomic E-state index is 0.258. The maximum absolute atomic E-state index is 13.1. The number of nitrogens with zero attached hydrogens (tertiary/aromatic N) is 5. The van der Waals surface area contributed by atoms with Crippen molar-refractivity contribution in [2.24, 2.45) is 5.92 Å². The van der Waals surface area contributed by atoms with E-state index in [0.717, 1.165) is 69.3 Å². The Kier molecular flexibility index (Phi) is 8.74. The molecule has 32 heavy (non-hydrogen) atoms. The largest absolute Gasteiger partial charge is 0.354 e. The molecule has 0 aliphatic carbocycles. The third-order valence-corrected chi connectivity index (χ3v) is 6.31. The number of amides is 1. The van der Waals surface area contributed by atoms with Gasteiger partial charge in [0, 0.05) is 44.7 Å². The fraction of sp³-hybridized carbons (Fsp3) is 0.615. The summed E-state index contributed by atoms with van der Waals surface area (Å²) in [6.07, 6.45) is 2.61. The van der Waals surface area contributed by atoms with Gasteiger partial charge in [0.15, 0.2) is 0 Å². The smallest absolute Gasteiger partial charge is 0.222 e. The summed E-state index contributed by atoms with van der Waals surface area (Å²) < 4.78 is 2.09. The average Bonchev–Trinajstić information content (AvgIpc) is 3.13. The molecular weight excluding hydrogens is 398 g/mol. The standard InChI is InChI=1S/C26H41N5O/c1-6-8-14-25(32)30(19-21(3)4)20-24-22(5)27-31(23-12-10-9-11-13-23)26(24)29-17-15-28(7-2)16-18-29/h9-13,21H,6-8,14-20H2,1-5H3. The molecule has 2 aromatic rings. The first-order valence-corrected chi connectivity index (χ1v) is 12.3. The number of unbranched alkanes of at least 4 members (excludes halogenated alkanes) is 1. The molecule has 2 heterocycles. The molecule has 1 aromatic carbocycles. The fourth-order valence-corrected chi connectivity index (χ4v) is 4.45. The Bertz CT molecular complexity index is 853. The lowest BCUT2D eigenvalue weighted by molar-refractivity contribution is -0.132. The predicted octanol–water partition coefficient (Wildman–Crippen LogP) is 4.50. The lowest BCUT2D eigenvalue weighted by Crippen LogP contribution is -2.47. The molecule has 1 saturated heterocycles. The number of anilines is 1. The van der Waals surface area contributed by atoms with Crippen molar-refractivity contribution in [2.75, 3.05) is 44.2 Å². The topological polar surface area (TPSA) is 44.6 Å².